The molecule has 0 amide bonds. The molecule has 1 N–H and O–H groups in total. The molecule has 0 spiro atoms. The molecule has 108 valence electrons. The van der Waals surface area contributed by atoms with Gasteiger partial charge in [0, 0.05) is 0 Å². The summed E-state index contributed by atoms with van der Waals surface area (Å²) < 4.78 is 28.3. The maximum atomic E-state index is 11.8. The molecule has 0 atom stereocenters. The smallest absolute Gasteiger partial charge is 0.344 e. The number of sulfonamides is 1. The summed E-state index contributed by atoms with van der Waals surface area (Å²) in [7, 11) is -3.76. The van der Waals surface area contributed by atoms with Crippen LogP contribution in [0, 0.1) is 0 Å². The van der Waals surface area contributed by atoms with Crippen molar-refractivity contribution in [3.63, 3.8) is 0 Å². The first-order valence-electron chi connectivity index (χ1n) is 5.94. The first-order chi connectivity index (χ1) is 10.1. The van der Waals surface area contributed by atoms with Gasteiger partial charge in [-0.05, 0) is 24.3 Å². The summed E-state index contributed by atoms with van der Waals surface area (Å²) >= 11 is 0. The van der Waals surface area contributed by atoms with Gasteiger partial charge in [-0.2, -0.15) is 13.2 Å². The molecule has 0 aliphatic rings. The van der Waals surface area contributed by atoms with Crippen LogP contribution in [0.1, 0.15) is 10.4 Å². The summed E-state index contributed by atoms with van der Waals surface area (Å²) in [5.41, 5.74) is 0.342. The van der Waals surface area contributed by atoms with Crippen molar-refractivity contribution in [3.05, 3.63) is 66.2 Å². The summed E-state index contributed by atoms with van der Waals surface area (Å²) in [5, 5.41) is 3.38. The fourth-order valence-electron chi connectivity index (χ4n) is 1.46. The zero-order chi connectivity index (χ0) is 15.1. The molecule has 0 unspecified atom stereocenters. The van der Waals surface area contributed by atoms with E-state index in [0.717, 1.165) is 6.40 Å². The lowest BCUT2D eigenvalue weighted by atomic mass is 10.2. The molecule has 0 saturated heterocycles. The Labute approximate surface area is 122 Å². The lowest BCUT2D eigenvalue weighted by molar-refractivity contribution is 0.0727. The summed E-state index contributed by atoms with van der Waals surface area (Å²) in [6.45, 7) is 0. The number of carbonyl (C=O) groups is 1. The zero-order valence-corrected chi connectivity index (χ0v) is 11.7. The third kappa shape index (κ3) is 4.15. The maximum absolute atomic E-state index is 11.8. The number of hydrazone groups is 1. The summed E-state index contributed by atoms with van der Waals surface area (Å²) in [5.74, 6) is -0.627. The fraction of sp³-hybridized carbons (Fsp3) is 0. The van der Waals surface area contributed by atoms with E-state index in [-0.39, 0.29) is 4.90 Å². The van der Waals surface area contributed by atoms with Gasteiger partial charge in [-0.1, -0.05) is 36.4 Å². The minimum absolute atomic E-state index is 0.0662. The number of nitrogens with zero attached hydrogens (tertiary/aromatic N) is 1. The zero-order valence-electron chi connectivity index (χ0n) is 10.8. The molecule has 0 heterocycles. The largest absolute Gasteiger partial charge is 0.409 e. The van der Waals surface area contributed by atoms with Gasteiger partial charge in [0.1, 0.15) is 0 Å². The highest BCUT2D eigenvalue weighted by atomic mass is 32.2. The Morgan fingerprint density at radius 3 is 2.19 bits per heavy atom. The monoisotopic (exact) mass is 304 g/mol. The first-order valence-corrected chi connectivity index (χ1v) is 7.42. The van der Waals surface area contributed by atoms with Crippen LogP contribution in [0.2, 0.25) is 0 Å². The van der Waals surface area contributed by atoms with E-state index in [9.17, 15) is 13.2 Å². The van der Waals surface area contributed by atoms with Gasteiger partial charge in [-0.15, -0.1) is 5.10 Å². The number of ether oxygens (including phenoxy) is 1. The van der Waals surface area contributed by atoms with Crippen molar-refractivity contribution in [1.82, 2.24) is 4.83 Å². The van der Waals surface area contributed by atoms with E-state index in [1.807, 2.05) is 4.83 Å². The number of hydrogen-bond acceptors (Lipinski definition) is 5. The maximum Gasteiger partial charge on any atom is 0.344 e. The SMILES string of the molecule is O=C(OC=NNS(=O)(=O)c1ccccc1)c1ccccc1. The molecule has 0 aliphatic carbocycles. The first kappa shape index (κ1) is 14.7. The summed E-state index contributed by atoms with van der Waals surface area (Å²) in [6.07, 6.45) is 0.746. The summed E-state index contributed by atoms with van der Waals surface area (Å²) in [4.78, 5) is 13.6. The fourth-order valence-corrected chi connectivity index (χ4v) is 2.26. The van der Waals surface area contributed by atoms with E-state index in [1.165, 1.54) is 12.1 Å². The minimum atomic E-state index is -3.76. The van der Waals surface area contributed by atoms with Crippen molar-refractivity contribution in [2.24, 2.45) is 5.10 Å². The number of rotatable bonds is 5. The lowest BCUT2D eigenvalue weighted by Gasteiger charge is -2.02. The quantitative estimate of drug-likeness (QED) is 0.395. The predicted octanol–water partition coefficient (Wildman–Crippen LogP) is 1.77. The highest BCUT2D eigenvalue weighted by Crippen LogP contribution is 2.06. The van der Waals surface area contributed by atoms with E-state index in [2.05, 4.69) is 5.10 Å². The van der Waals surface area contributed by atoms with E-state index >= 15 is 0 Å². The molecule has 2 aromatic rings. The van der Waals surface area contributed by atoms with Crippen LogP contribution < -0.4 is 4.83 Å². The number of carbonyl (C=O) groups excluding carboxylic acids is 1. The summed E-state index contributed by atoms with van der Waals surface area (Å²) in [6, 6.07) is 16.0. The van der Waals surface area contributed by atoms with Gasteiger partial charge >= 0.3 is 5.97 Å². The average molecular weight is 304 g/mol. The van der Waals surface area contributed by atoms with Gasteiger partial charge in [0.2, 0.25) is 6.40 Å². The standard InChI is InChI=1S/C14H12N2O4S/c17-14(12-7-3-1-4-8-12)20-11-15-16-21(18,19)13-9-5-2-6-10-13/h1-11,16H. The van der Waals surface area contributed by atoms with Crippen molar-refractivity contribution in [2.45, 2.75) is 4.90 Å². The second-order valence-electron chi connectivity index (χ2n) is 3.91. The highest BCUT2D eigenvalue weighted by molar-refractivity contribution is 7.89. The third-order valence-corrected chi connectivity index (χ3v) is 3.69. The molecular weight excluding hydrogens is 292 g/mol. The van der Waals surface area contributed by atoms with Crippen LogP contribution in [0.4, 0.5) is 0 Å². The lowest BCUT2D eigenvalue weighted by Crippen LogP contribution is -2.18. The van der Waals surface area contributed by atoms with E-state index in [0.29, 0.717) is 5.56 Å². The van der Waals surface area contributed by atoms with E-state index in [4.69, 9.17) is 4.74 Å². The van der Waals surface area contributed by atoms with Crippen molar-refractivity contribution in [3.8, 4) is 0 Å². The number of esters is 1. The molecule has 0 fully saturated rings. The van der Waals surface area contributed by atoms with Crippen molar-refractivity contribution < 1.29 is 17.9 Å². The van der Waals surface area contributed by atoms with Crippen LogP contribution in [0.15, 0.2) is 70.7 Å². The highest BCUT2D eigenvalue weighted by Gasteiger charge is 2.11. The Morgan fingerprint density at radius 1 is 1.00 bits per heavy atom. The van der Waals surface area contributed by atoms with Gasteiger partial charge in [0.05, 0.1) is 10.5 Å². The topological polar surface area (TPSA) is 84.8 Å². The van der Waals surface area contributed by atoms with Crippen LogP contribution in [0.25, 0.3) is 0 Å². The molecule has 21 heavy (non-hydrogen) atoms. The van der Waals surface area contributed by atoms with Gasteiger partial charge in [0.15, 0.2) is 0 Å². The average Bonchev–Trinajstić information content (AvgIpc) is 2.53. The van der Waals surface area contributed by atoms with E-state index in [1.54, 1.807) is 48.5 Å². The Balaban J connectivity index is 1.93. The predicted molar refractivity (Wildman–Crippen MR) is 77.1 cm³/mol. The second-order valence-corrected chi connectivity index (χ2v) is 5.57. The molecule has 0 radical (unpaired) electrons. The molecule has 0 saturated carbocycles. The van der Waals surface area contributed by atoms with Crippen LogP contribution in [0.5, 0.6) is 0 Å². The van der Waals surface area contributed by atoms with Crippen LogP contribution in [-0.4, -0.2) is 20.8 Å². The Bertz CT molecular complexity index is 728. The molecule has 2 aromatic carbocycles. The van der Waals surface area contributed by atoms with Crippen LogP contribution >= 0.6 is 0 Å². The van der Waals surface area contributed by atoms with Crippen LogP contribution in [-0.2, 0) is 14.8 Å². The molecule has 0 bridgehead atoms. The minimum Gasteiger partial charge on any atom is -0.409 e. The Hall–Kier alpha value is -2.67. The molecule has 6 nitrogen and oxygen atoms in total. The van der Waals surface area contributed by atoms with Crippen LogP contribution in [0.3, 0.4) is 0 Å². The third-order valence-electron chi connectivity index (χ3n) is 2.45. The number of nitrogens with one attached hydrogen (secondary N) is 1. The molecule has 0 aromatic heterocycles. The van der Waals surface area contributed by atoms with Gasteiger partial charge in [-0.3, -0.25) is 0 Å². The van der Waals surface area contributed by atoms with Crippen molar-refractivity contribution in [2.75, 3.05) is 0 Å². The second kappa shape index (κ2) is 6.67. The number of hydrogen-bond donors (Lipinski definition) is 1. The van der Waals surface area contributed by atoms with Gasteiger partial charge in [-0.25, -0.2) is 4.79 Å². The molecular formula is C14H12N2O4S. The van der Waals surface area contributed by atoms with Gasteiger partial charge in [0.25, 0.3) is 10.0 Å². The van der Waals surface area contributed by atoms with Crippen molar-refractivity contribution >= 4 is 22.4 Å². The molecule has 7 heteroatoms. The molecule has 2 rings (SSSR count). The van der Waals surface area contributed by atoms with Crippen molar-refractivity contribution in [1.29, 1.82) is 0 Å². The normalized spacial score (nSPS) is 11.2. The molecule has 0 aliphatic heterocycles. The van der Waals surface area contributed by atoms with E-state index < -0.39 is 16.0 Å². The Morgan fingerprint density at radius 2 is 1.57 bits per heavy atom. The Kier molecular flexibility index (Phi) is 4.68. The number of benzene rings is 2. The van der Waals surface area contributed by atoms with Gasteiger partial charge < -0.3 is 4.74 Å².